The number of nitrogens with one attached hydrogen (secondary N) is 2. The maximum Gasteiger partial charge on any atom is 0.223 e. The van der Waals surface area contributed by atoms with Crippen molar-refractivity contribution in [1.29, 1.82) is 0 Å². The number of ether oxygens (including phenoxy) is 1. The molecular weight excluding hydrogens is 252 g/mol. The number of carbonyl (C=O) groups is 1. The fraction of sp³-hybridized carbons (Fsp3) is 0.938. The van der Waals surface area contributed by atoms with Gasteiger partial charge >= 0.3 is 0 Å². The van der Waals surface area contributed by atoms with Crippen molar-refractivity contribution >= 4 is 5.91 Å². The Labute approximate surface area is 123 Å². The molecule has 1 unspecified atom stereocenters. The molecule has 1 aliphatic carbocycles. The van der Waals surface area contributed by atoms with Crippen LogP contribution in [0.3, 0.4) is 0 Å². The average molecular weight is 282 g/mol. The summed E-state index contributed by atoms with van der Waals surface area (Å²) in [5.74, 6) is 1.22. The van der Waals surface area contributed by atoms with Gasteiger partial charge in [-0.15, -0.1) is 0 Å². The molecule has 2 aliphatic rings. The van der Waals surface area contributed by atoms with Crippen molar-refractivity contribution < 1.29 is 9.53 Å². The van der Waals surface area contributed by atoms with Crippen molar-refractivity contribution in [3.63, 3.8) is 0 Å². The Morgan fingerprint density at radius 3 is 2.50 bits per heavy atom. The lowest BCUT2D eigenvalue weighted by atomic mass is 9.69. The van der Waals surface area contributed by atoms with E-state index in [1.807, 2.05) is 0 Å². The van der Waals surface area contributed by atoms with Crippen molar-refractivity contribution in [1.82, 2.24) is 10.6 Å². The summed E-state index contributed by atoms with van der Waals surface area (Å²) in [5.41, 5.74) is 0.380. The summed E-state index contributed by atoms with van der Waals surface area (Å²) in [6, 6.07) is 0.276. The van der Waals surface area contributed by atoms with E-state index in [0.717, 1.165) is 31.9 Å². The van der Waals surface area contributed by atoms with Crippen molar-refractivity contribution in [2.45, 2.75) is 52.5 Å². The van der Waals surface area contributed by atoms with Gasteiger partial charge in [0.05, 0.1) is 13.2 Å². The van der Waals surface area contributed by atoms with Crippen molar-refractivity contribution in [3.8, 4) is 0 Å². The molecule has 1 amide bonds. The molecule has 2 fully saturated rings. The lowest BCUT2D eigenvalue weighted by molar-refractivity contribution is -0.126. The fourth-order valence-electron chi connectivity index (χ4n) is 3.34. The first-order valence-electron chi connectivity index (χ1n) is 8.05. The molecule has 1 saturated heterocycles. The summed E-state index contributed by atoms with van der Waals surface area (Å²) >= 11 is 0. The lowest BCUT2D eigenvalue weighted by Crippen LogP contribution is -2.49. The van der Waals surface area contributed by atoms with Gasteiger partial charge in [0.1, 0.15) is 0 Å². The minimum atomic E-state index is 0.220. The molecule has 116 valence electrons. The zero-order valence-corrected chi connectivity index (χ0v) is 13.2. The van der Waals surface area contributed by atoms with E-state index in [-0.39, 0.29) is 17.9 Å². The largest absolute Gasteiger partial charge is 0.378 e. The van der Waals surface area contributed by atoms with Crippen molar-refractivity contribution in [2.75, 3.05) is 26.3 Å². The third kappa shape index (κ3) is 4.45. The van der Waals surface area contributed by atoms with E-state index in [1.54, 1.807) is 0 Å². The summed E-state index contributed by atoms with van der Waals surface area (Å²) in [4.78, 5) is 12.2. The zero-order chi connectivity index (χ0) is 14.6. The molecule has 0 bridgehead atoms. The SMILES string of the molecule is CC(C)(C)C1CCC(C(=O)NCC2COCCN2)CC1. The Morgan fingerprint density at radius 1 is 1.25 bits per heavy atom. The molecule has 2 rings (SSSR count). The van der Waals surface area contributed by atoms with E-state index >= 15 is 0 Å². The van der Waals surface area contributed by atoms with Crippen LogP contribution in [0.5, 0.6) is 0 Å². The van der Waals surface area contributed by atoms with Crippen LogP contribution in [0.4, 0.5) is 0 Å². The van der Waals surface area contributed by atoms with Gasteiger partial charge in [0, 0.05) is 25.0 Å². The Kier molecular flexibility index (Phi) is 5.44. The summed E-state index contributed by atoms with van der Waals surface area (Å²) < 4.78 is 5.40. The van der Waals surface area contributed by atoms with Crippen LogP contribution in [-0.4, -0.2) is 38.3 Å². The maximum absolute atomic E-state index is 12.2. The molecule has 0 radical (unpaired) electrons. The Bertz CT molecular complexity index is 311. The molecule has 2 N–H and O–H groups in total. The first-order chi connectivity index (χ1) is 9.47. The molecule has 0 aromatic carbocycles. The molecule has 0 aromatic rings. The summed E-state index contributed by atoms with van der Waals surface area (Å²) in [6.07, 6.45) is 4.46. The Hall–Kier alpha value is -0.610. The van der Waals surface area contributed by atoms with Crippen LogP contribution in [0.1, 0.15) is 46.5 Å². The minimum absolute atomic E-state index is 0.220. The van der Waals surface area contributed by atoms with Gasteiger partial charge in [-0.05, 0) is 37.0 Å². The van der Waals surface area contributed by atoms with Gasteiger partial charge in [-0.2, -0.15) is 0 Å². The highest BCUT2D eigenvalue weighted by Crippen LogP contribution is 2.39. The minimum Gasteiger partial charge on any atom is -0.378 e. The van der Waals surface area contributed by atoms with Crippen LogP contribution >= 0.6 is 0 Å². The first kappa shape index (κ1) is 15.8. The van der Waals surface area contributed by atoms with Crippen molar-refractivity contribution in [2.24, 2.45) is 17.3 Å². The number of morpholine rings is 1. The van der Waals surface area contributed by atoms with E-state index in [2.05, 4.69) is 31.4 Å². The quantitative estimate of drug-likeness (QED) is 0.832. The predicted octanol–water partition coefficient (Wildman–Crippen LogP) is 1.94. The Balaban J connectivity index is 1.69. The highest BCUT2D eigenvalue weighted by molar-refractivity contribution is 5.78. The van der Waals surface area contributed by atoms with E-state index in [0.29, 0.717) is 18.6 Å². The zero-order valence-electron chi connectivity index (χ0n) is 13.2. The molecule has 4 nitrogen and oxygen atoms in total. The van der Waals surface area contributed by atoms with Gasteiger partial charge < -0.3 is 15.4 Å². The molecule has 1 heterocycles. The highest BCUT2D eigenvalue weighted by Gasteiger charge is 2.32. The third-order valence-electron chi connectivity index (χ3n) is 4.84. The molecule has 1 saturated carbocycles. The first-order valence-corrected chi connectivity index (χ1v) is 8.05. The van der Waals surface area contributed by atoms with Crippen LogP contribution in [0.25, 0.3) is 0 Å². The van der Waals surface area contributed by atoms with Crippen molar-refractivity contribution in [3.05, 3.63) is 0 Å². The molecular formula is C16H30N2O2. The van der Waals surface area contributed by atoms with E-state index in [4.69, 9.17) is 4.74 Å². The van der Waals surface area contributed by atoms with Gasteiger partial charge in [0.25, 0.3) is 0 Å². The van der Waals surface area contributed by atoms with Gasteiger partial charge in [0.2, 0.25) is 5.91 Å². The Morgan fingerprint density at radius 2 is 1.95 bits per heavy atom. The predicted molar refractivity (Wildman–Crippen MR) is 80.5 cm³/mol. The number of hydrogen-bond acceptors (Lipinski definition) is 3. The number of amides is 1. The molecule has 1 atom stereocenters. The highest BCUT2D eigenvalue weighted by atomic mass is 16.5. The average Bonchev–Trinajstić information content (AvgIpc) is 2.45. The normalized spacial score (nSPS) is 31.9. The van der Waals surface area contributed by atoms with Crippen LogP contribution in [0.15, 0.2) is 0 Å². The summed E-state index contributed by atoms with van der Waals surface area (Å²) in [5, 5.41) is 6.46. The van der Waals surface area contributed by atoms with E-state index in [1.165, 1.54) is 12.8 Å². The number of rotatable bonds is 3. The van der Waals surface area contributed by atoms with Gasteiger partial charge in [-0.25, -0.2) is 0 Å². The van der Waals surface area contributed by atoms with Crippen LogP contribution in [-0.2, 0) is 9.53 Å². The monoisotopic (exact) mass is 282 g/mol. The summed E-state index contributed by atoms with van der Waals surface area (Å²) in [6.45, 7) is 10.00. The van der Waals surface area contributed by atoms with Gasteiger partial charge in [-0.3, -0.25) is 4.79 Å². The summed E-state index contributed by atoms with van der Waals surface area (Å²) in [7, 11) is 0. The molecule has 4 heteroatoms. The fourth-order valence-corrected chi connectivity index (χ4v) is 3.34. The smallest absolute Gasteiger partial charge is 0.223 e. The molecule has 20 heavy (non-hydrogen) atoms. The third-order valence-corrected chi connectivity index (χ3v) is 4.84. The second-order valence-corrected chi connectivity index (χ2v) is 7.39. The van der Waals surface area contributed by atoms with Gasteiger partial charge in [0.15, 0.2) is 0 Å². The van der Waals surface area contributed by atoms with Crippen LogP contribution in [0, 0.1) is 17.3 Å². The van der Waals surface area contributed by atoms with Crippen LogP contribution in [0.2, 0.25) is 0 Å². The molecule has 0 spiro atoms. The standard InChI is InChI=1S/C16H30N2O2/c1-16(2,3)13-6-4-12(5-7-13)15(19)18-10-14-11-20-9-8-17-14/h12-14,17H,4-11H2,1-3H3,(H,18,19). The molecule has 1 aliphatic heterocycles. The lowest BCUT2D eigenvalue weighted by Gasteiger charge is -2.36. The van der Waals surface area contributed by atoms with E-state index in [9.17, 15) is 4.79 Å². The topological polar surface area (TPSA) is 50.4 Å². The number of hydrogen-bond donors (Lipinski definition) is 2. The van der Waals surface area contributed by atoms with Crippen LogP contribution < -0.4 is 10.6 Å². The second kappa shape index (κ2) is 6.90. The second-order valence-electron chi connectivity index (χ2n) is 7.39. The van der Waals surface area contributed by atoms with E-state index < -0.39 is 0 Å². The number of carbonyl (C=O) groups excluding carboxylic acids is 1. The maximum atomic E-state index is 12.2. The van der Waals surface area contributed by atoms with Gasteiger partial charge in [-0.1, -0.05) is 20.8 Å². The molecule has 0 aromatic heterocycles.